The summed E-state index contributed by atoms with van der Waals surface area (Å²) in [6, 6.07) is 15.9. The minimum Gasteiger partial charge on any atom is -0.462 e. The molecule has 0 radical (unpaired) electrons. The molecule has 7 heteroatoms. The van der Waals surface area contributed by atoms with Crippen LogP contribution in [0.2, 0.25) is 0 Å². The van der Waals surface area contributed by atoms with Crippen molar-refractivity contribution in [2.24, 2.45) is 0 Å². The number of benzene rings is 2. The van der Waals surface area contributed by atoms with Gasteiger partial charge in [0.15, 0.2) is 0 Å². The Kier molecular flexibility index (Phi) is 7.97. The zero-order valence-corrected chi connectivity index (χ0v) is 16.5. The Morgan fingerprint density at radius 2 is 1.74 bits per heavy atom. The first-order valence-electron chi connectivity index (χ1n) is 8.91. The molecule has 2 aromatic carbocycles. The number of nitrogens with zero attached hydrogens (tertiary/aromatic N) is 1. The quantitative estimate of drug-likeness (QED) is 0.499. The number of carbonyl (C=O) groups excluding carboxylic acids is 1. The molecule has 27 heavy (non-hydrogen) atoms. The number of esters is 1. The van der Waals surface area contributed by atoms with E-state index in [1.807, 2.05) is 25.2 Å². The third kappa shape index (κ3) is 6.78. The Hall–Kier alpha value is -2.22. The fourth-order valence-corrected chi connectivity index (χ4v) is 3.67. The Bertz CT molecular complexity index is 821. The van der Waals surface area contributed by atoms with Gasteiger partial charge in [0.05, 0.1) is 17.1 Å². The molecule has 0 aliphatic heterocycles. The van der Waals surface area contributed by atoms with Crippen LogP contribution in [-0.2, 0) is 21.3 Å². The molecule has 0 heterocycles. The number of sulfonamides is 1. The monoisotopic (exact) mass is 390 g/mol. The lowest BCUT2D eigenvalue weighted by Gasteiger charge is -2.16. The second kappa shape index (κ2) is 10.2. The van der Waals surface area contributed by atoms with Gasteiger partial charge in [0.25, 0.3) is 0 Å². The van der Waals surface area contributed by atoms with Crippen LogP contribution in [0.3, 0.4) is 0 Å². The smallest absolute Gasteiger partial charge is 0.338 e. The number of ether oxygens (including phenoxy) is 1. The van der Waals surface area contributed by atoms with Crippen molar-refractivity contribution in [1.29, 1.82) is 0 Å². The molecule has 0 aliphatic rings. The summed E-state index contributed by atoms with van der Waals surface area (Å²) in [6.45, 7) is 3.94. The molecular weight excluding hydrogens is 364 g/mol. The van der Waals surface area contributed by atoms with Gasteiger partial charge in [0.2, 0.25) is 10.0 Å². The maximum absolute atomic E-state index is 12.3. The number of rotatable bonds is 10. The van der Waals surface area contributed by atoms with Crippen LogP contribution in [-0.4, -0.2) is 46.0 Å². The van der Waals surface area contributed by atoms with Gasteiger partial charge in [-0.05, 0) is 56.8 Å². The SMILES string of the molecule is CCOC(=O)c1ccc(S(=O)(=O)NCCCN(C)Cc2ccccc2)cc1. The van der Waals surface area contributed by atoms with Crippen molar-refractivity contribution < 1.29 is 17.9 Å². The summed E-state index contributed by atoms with van der Waals surface area (Å²) in [6.07, 6.45) is 0.698. The van der Waals surface area contributed by atoms with E-state index in [4.69, 9.17) is 4.74 Å². The highest BCUT2D eigenvalue weighted by Gasteiger charge is 2.15. The van der Waals surface area contributed by atoms with E-state index in [-0.39, 0.29) is 11.5 Å². The van der Waals surface area contributed by atoms with Gasteiger partial charge in [-0.3, -0.25) is 0 Å². The predicted molar refractivity (Wildman–Crippen MR) is 105 cm³/mol. The Labute approximate surface area is 161 Å². The maximum atomic E-state index is 12.3. The summed E-state index contributed by atoms with van der Waals surface area (Å²) in [5.74, 6) is -0.462. The molecule has 0 unspecified atom stereocenters. The zero-order valence-electron chi connectivity index (χ0n) is 15.7. The second-order valence-electron chi connectivity index (χ2n) is 6.22. The van der Waals surface area contributed by atoms with Crippen molar-refractivity contribution >= 4 is 16.0 Å². The molecule has 0 saturated heterocycles. The average Bonchev–Trinajstić information content (AvgIpc) is 2.66. The molecule has 0 bridgehead atoms. The van der Waals surface area contributed by atoms with Gasteiger partial charge in [-0.2, -0.15) is 0 Å². The lowest BCUT2D eigenvalue weighted by molar-refractivity contribution is 0.0526. The molecule has 6 nitrogen and oxygen atoms in total. The van der Waals surface area contributed by atoms with Crippen molar-refractivity contribution in [2.45, 2.75) is 24.8 Å². The molecule has 2 rings (SSSR count). The maximum Gasteiger partial charge on any atom is 0.338 e. The van der Waals surface area contributed by atoms with Crippen molar-refractivity contribution in [2.75, 3.05) is 26.7 Å². The molecule has 0 saturated carbocycles. The molecular formula is C20H26N2O4S. The Morgan fingerprint density at radius 1 is 1.07 bits per heavy atom. The van der Waals surface area contributed by atoms with E-state index in [0.29, 0.717) is 18.5 Å². The number of hydrogen-bond acceptors (Lipinski definition) is 5. The van der Waals surface area contributed by atoms with Gasteiger partial charge >= 0.3 is 5.97 Å². The third-order valence-corrected chi connectivity index (χ3v) is 5.46. The van der Waals surface area contributed by atoms with Gasteiger partial charge in [-0.1, -0.05) is 30.3 Å². The van der Waals surface area contributed by atoms with E-state index < -0.39 is 16.0 Å². The number of nitrogens with one attached hydrogen (secondary N) is 1. The van der Waals surface area contributed by atoms with Gasteiger partial charge in [0.1, 0.15) is 0 Å². The molecule has 1 N–H and O–H groups in total. The third-order valence-electron chi connectivity index (χ3n) is 3.98. The highest BCUT2D eigenvalue weighted by atomic mass is 32.2. The second-order valence-corrected chi connectivity index (χ2v) is 7.99. The van der Waals surface area contributed by atoms with E-state index in [9.17, 15) is 13.2 Å². The minimum absolute atomic E-state index is 0.133. The first-order valence-corrected chi connectivity index (χ1v) is 10.4. The van der Waals surface area contributed by atoms with E-state index in [1.165, 1.54) is 29.8 Å². The first-order chi connectivity index (χ1) is 12.9. The van der Waals surface area contributed by atoms with Crippen LogP contribution in [0.15, 0.2) is 59.5 Å². The normalized spacial score (nSPS) is 11.5. The van der Waals surface area contributed by atoms with Crippen molar-refractivity contribution in [3.05, 3.63) is 65.7 Å². The molecule has 0 aliphatic carbocycles. The summed E-state index contributed by atoms with van der Waals surface area (Å²) in [5.41, 5.74) is 1.56. The summed E-state index contributed by atoms with van der Waals surface area (Å²) in [4.78, 5) is 13.9. The first kappa shape index (κ1) is 21.1. The van der Waals surface area contributed by atoms with Crippen molar-refractivity contribution in [3.8, 4) is 0 Å². The Balaban J connectivity index is 1.79. The summed E-state index contributed by atoms with van der Waals surface area (Å²) in [5, 5.41) is 0. The number of carbonyl (C=O) groups is 1. The lowest BCUT2D eigenvalue weighted by Crippen LogP contribution is -2.28. The van der Waals surface area contributed by atoms with E-state index >= 15 is 0 Å². The van der Waals surface area contributed by atoms with Crippen molar-refractivity contribution in [3.63, 3.8) is 0 Å². The van der Waals surface area contributed by atoms with E-state index in [2.05, 4.69) is 21.8 Å². The lowest BCUT2D eigenvalue weighted by atomic mass is 10.2. The van der Waals surface area contributed by atoms with Crippen molar-refractivity contribution in [1.82, 2.24) is 9.62 Å². The van der Waals surface area contributed by atoms with Gasteiger partial charge in [-0.15, -0.1) is 0 Å². The minimum atomic E-state index is -3.59. The van der Waals surface area contributed by atoms with Crippen LogP contribution in [0.4, 0.5) is 0 Å². The molecule has 0 aromatic heterocycles. The molecule has 146 valence electrons. The van der Waals surface area contributed by atoms with E-state index in [0.717, 1.165) is 13.1 Å². The molecule has 2 aromatic rings. The standard InChI is InChI=1S/C20H26N2O4S/c1-3-26-20(23)18-10-12-19(13-11-18)27(24,25)21-14-7-15-22(2)16-17-8-5-4-6-9-17/h4-6,8-13,21H,3,7,14-16H2,1-2H3. The topological polar surface area (TPSA) is 75.7 Å². The van der Waals surface area contributed by atoms with Crippen LogP contribution in [0, 0.1) is 0 Å². The highest BCUT2D eigenvalue weighted by Crippen LogP contribution is 2.11. The van der Waals surface area contributed by atoms with Crippen LogP contribution in [0.1, 0.15) is 29.3 Å². The molecule has 0 spiro atoms. The van der Waals surface area contributed by atoms with Gasteiger partial charge in [-0.25, -0.2) is 17.9 Å². The van der Waals surface area contributed by atoms with Crippen LogP contribution >= 0.6 is 0 Å². The largest absolute Gasteiger partial charge is 0.462 e. The number of hydrogen-bond donors (Lipinski definition) is 1. The Morgan fingerprint density at radius 3 is 2.37 bits per heavy atom. The molecule has 0 amide bonds. The zero-order chi connectivity index (χ0) is 19.7. The van der Waals surface area contributed by atoms with Gasteiger partial charge in [0, 0.05) is 13.1 Å². The summed E-state index contributed by atoms with van der Waals surface area (Å²) >= 11 is 0. The van der Waals surface area contributed by atoms with Gasteiger partial charge < -0.3 is 9.64 Å². The molecule has 0 fully saturated rings. The fraction of sp³-hybridized carbons (Fsp3) is 0.350. The molecule has 0 atom stereocenters. The highest BCUT2D eigenvalue weighted by molar-refractivity contribution is 7.89. The summed E-state index contributed by atoms with van der Waals surface area (Å²) < 4.78 is 32.2. The van der Waals surface area contributed by atoms with E-state index in [1.54, 1.807) is 6.92 Å². The van der Waals surface area contributed by atoms with Crippen LogP contribution in [0.5, 0.6) is 0 Å². The summed E-state index contributed by atoms with van der Waals surface area (Å²) in [7, 11) is -1.58. The predicted octanol–water partition coefficient (Wildman–Crippen LogP) is 2.66. The van der Waals surface area contributed by atoms with Crippen LogP contribution < -0.4 is 4.72 Å². The average molecular weight is 391 g/mol. The fourth-order valence-electron chi connectivity index (χ4n) is 2.60. The van der Waals surface area contributed by atoms with Crippen LogP contribution in [0.25, 0.3) is 0 Å².